The number of benzene rings is 1. The number of nitrogens with zero attached hydrogens (tertiary/aromatic N) is 2. The van der Waals surface area contributed by atoms with Crippen molar-refractivity contribution in [2.24, 2.45) is 7.05 Å². The lowest BCUT2D eigenvalue weighted by molar-refractivity contribution is 0.0509. The summed E-state index contributed by atoms with van der Waals surface area (Å²) in [6.07, 6.45) is 0.321. The normalized spacial score (nSPS) is 11.3. The molecule has 0 aliphatic carbocycles. The fourth-order valence-corrected chi connectivity index (χ4v) is 3.43. The van der Waals surface area contributed by atoms with Crippen LogP contribution in [0, 0.1) is 5.82 Å². The lowest BCUT2D eigenvalue weighted by Gasteiger charge is -2.14. The fraction of sp³-hybridized carbons (Fsp3) is 0.364. The number of ether oxygens (including phenoxy) is 2. The number of halogens is 1. The molecule has 6 nitrogen and oxygen atoms in total. The third kappa shape index (κ3) is 3.64. The summed E-state index contributed by atoms with van der Waals surface area (Å²) in [5.41, 5.74) is 1.75. The van der Waals surface area contributed by atoms with E-state index in [1.165, 1.54) is 16.7 Å². The molecule has 0 saturated heterocycles. The van der Waals surface area contributed by atoms with Crippen molar-refractivity contribution in [2.75, 3.05) is 6.61 Å². The predicted molar refractivity (Wildman–Crippen MR) is 110 cm³/mol. The van der Waals surface area contributed by atoms with Crippen LogP contribution in [0.25, 0.3) is 16.6 Å². The van der Waals surface area contributed by atoms with Crippen LogP contribution in [-0.2, 0) is 18.2 Å². The first-order valence-electron chi connectivity index (χ1n) is 9.67. The van der Waals surface area contributed by atoms with Gasteiger partial charge in [0, 0.05) is 18.4 Å². The molecule has 0 saturated carbocycles. The van der Waals surface area contributed by atoms with E-state index < -0.39 is 5.97 Å². The van der Waals surface area contributed by atoms with Gasteiger partial charge in [0.1, 0.15) is 11.2 Å². The van der Waals surface area contributed by atoms with Crippen LogP contribution in [0.2, 0.25) is 0 Å². The highest BCUT2D eigenvalue weighted by Gasteiger charge is 2.28. The largest absolute Gasteiger partial charge is 0.488 e. The molecule has 1 aromatic carbocycles. The fourth-order valence-electron chi connectivity index (χ4n) is 3.43. The van der Waals surface area contributed by atoms with Gasteiger partial charge in [-0.25, -0.2) is 9.18 Å². The monoisotopic (exact) mass is 400 g/mol. The van der Waals surface area contributed by atoms with Crippen molar-refractivity contribution in [3.05, 3.63) is 57.9 Å². The predicted octanol–water partition coefficient (Wildman–Crippen LogP) is 3.99. The van der Waals surface area contributed by atoms with E-state index in [1.54, 1.807) is 30.7 Å². The third-order valence-electron chi connectivity index (χ3n) is 4.67. The molecule has 2 heterocycles. The van der Waals surface area contributed by atoms with Crippen molar-refractivity contribution in [1.29, 1.82) is 0 Å². The lowest BCUT2D eigenvalue weighted by Crippen LogP contribution is -2.22. The van der Waals surface area contributed by atoms with E-state index in [1.807, 2.05) is 26.8 Å². The Morgan fingerprint density at radius 3 is 2.38 bits per heavy atom. The Labute approximate surface area is 168 Å². The smallest absolute Gasteiger partial charge is 0.358 e. The lowest BCUT2D eigenvalue weighted by atomic mass is 10.2. The van der Waals surface area contributed by atoms with Crippen LogP contribution in [0.4, 0.5) is 4.39 Å². The highest BCUT2D eigenvalue weighted by atomic mass is 19.1. The Morgan fingerprint density at radius 1 is 1.17 bits per heavy atom. The Morgan fingerprint density at radius 2 is 1.83 bits per heavy atom. The molecule has 0 fully saturated rings. The average Bonchev–Trinajstić information content (AvgIpc) is 2.94. The number of carbonyl (C=O) groups is 1. The van der Waals surface area contributed by atoms with E-state index in [-0.39, 0.29) is 35.5 Å². The van der Waals surface area contributed by atoms with Crippen LogP contribution in [0.15, 0.2) is 35.1 Å². The molecule has 0 bridgehead atoms. The molecule has 0 atom stereocenters. The van der Waals surface area contributed by atoms with E-state index >= 15 is 0 Å². The molecule has 0 unspecified atom stereocenters. The van der Waals surface area contributed by atoms with Crippen molar-refractivity contribution < 1.29 is 18.7 Å². The van der Waals surface area contributed by atoms with Gasteiger partial charge in [-0.05, 0) is 57.5 Å². The summed E-state index contributed by atoms with van der Waals surface area (Å²) >= 11 is 0. The summed E-state index contributed by atoms with van der Waals surface area (Å²) in [4.78, 5) is 26.2. The van der Waals surface area contributed by atoms with Gasteiger partial charge in [-0.3, -0.25) is 9.36 Å². The first-order valence-corrected chi connectivity index (χ1v) is 9.67. The van der Waals surface area contributed by atoms with Crippen molar-refractivity contribution in [1.82, 2.24) is 9.13 Å². The van der Waals surface area contributed by atoms with Gasteiger partial charge in [0.25, 0.3) is 5.56 Å². The average molecular weight is 400 g/mol. The minimum absolute atomic E-state index is 0.201. The first-order chi connectivity index (χ1) is 13.8. The van der Waals surface area contributed by atoms with Crippen LogP contribution in [-0.4, -0.2) is 27.8 Å². The Balaban J connectivity index is 2.41. The van der Waals surface area contributed by atoms with E-state index in [9.17, 15) is 14.0 Å². The second-order valence-corrected chi connectivity index (χ2v) is 6.99. The molecule has 3 aromatic rings. The molecule has 29 heavy (non-hydrogen) atoms. The second kappa shape index (κ2) is 8.11. The maximum atomic E-state index is 13.6. The second-order valence-electron chi connectivity index (χ2n) is 6.99. The summed E-state index contributed by atoms with van der Waals surface area (Å²) in [5.74, 6) is -0.721. The zero-order chi connectivity index (χ0) is 21.3. The van der Waals surface area contributed by atoms with Gasteiger partial charge in [-0.2, -0.15) is 0 Å². The maximum Gasteiger partial charge on any atom is 0.358 e. The highest BCUT2D eigenvalue weighted by molar-refractivity contribution is 6.01. The Bertz CT molecular complexity index is 1110. The van der Waals surface area contributed by atoms with Gasteiger partial charge in [-0.15, -0.1) is 0 Å². The molecule has 0 radical (unpaired) electrons. The topological polar surface area (TPSA) is 62.5 Å². The van der Waals surface area contributed by atoms with Gasteiger partial charge in [0.2, 0.25) is 0 Å². The number of rotatable bonds is 6. The number of hydrogen-bond donors (Lipinski definition) is 0. The molecular weight excluding hydrogens is 375 g/mol. The van der Waals surface area contributed by atoms with E-state index in [0.717, 1.165) is 5.69 Å². The molecule has 154 valence electrons. The van der Waals surface area contributed by atoms with Crippen LogP contribution in [0.5, 0.6) is 5.75 Å². The minimum atomic E-state index is -0.548. The molecule has 0 N–H and O–H groups in total. The van der Waals surface area contributed by atoms with Crippen LogP contribution in [0.3, 0.4) is 0 Å². The quantitative estimate of drug-likeness (QED) is 0.587. The number of fused-ring (bicyclic) bond motifs is 1. The van der Waals surface area contributed by atoms with Gasteiger partial charge in [0.15, 0.2) is 11.4 Å². The molecule has 0 aliphatic rings. The molecule has 7 heteroatoms. The van der Waals surface area contributed by atoms with Crippen LogP contribution >= 0.6 is 0 Å². The summed E-state index contributed by atoms with van der Waals surface area (Å²) < 4.78 is 27.7. The van der Waals surface area contributed by atoms with Gasteiger partial charge in [-0.1, -0.05) is 6.92 Å². The summed E-state index contributed by atoms with van der Waals surface area (Å²) in [6.45, 7) is 7.52. The maximum absolute atomic E-state index is 13.6. The summed E-state index contributed by atoms with van der Waals surface area (Å²) in [6, 6.07) is 7.59. The number of aryl methyl sites for hydroxylation is 2. The van der Waals surface area contributed by atoms with E-state index in [0.29, 0.717) is 23.0 Å². The van der Waals surface area contributed by atoms with Gasteiger partial charge in [0.05, 0.1) is 18.2 Å². The molecule has 2 aromatic heterocycles. The van der Waals surface area contributed by atoms with E-state index in [4.69, 9.17) is 9.47 Å². The van der Waals surface area contributed by atoms with Crippen molar-refractivity contribution in [3.63, 3.8) is 0 Å². The Hall–Kier alpha value is -3.09. The number of pyridine rings is 1. The van der Waals surface area contributed by atoms with Crippen LogP contribution in [0.1, 0.15) is 43.9 Å². The molecular formula is C22H25FN2O4. The molecule has 3 rings (SSSR count). The van der Waals surface area contributed by atoms with Crippen LogP contribution < -0.4 is 10.3 Å². The first kappa shape index (κ1) is 20.6. The van der Waals surface area contributed by atoms with Crippen molar-refractivity contribution in [3.8, 4) is 11.4 Å². The molecule has 0 spiro atoms. The van der Waals surface area contributed by atoms with E-state index in [2.05, 4.69) is 0 Å². The standard InChI is InChI=1S/C22H25FN2O4/c1-6-15-12-17-18(21(26)25(15)16-10-8-14(23)9-11-16)20(29-13(3)4)19(24(17)5)22(27)28-7-2/h8-13H,6-7H2,1-5H3. The Kier molecular flexibility index (Phi) is 5.77. The third-order valence-corrected chi connectivity index (χ3v) is 4.67. The zero-order valence-corrected chi connectivity index (χ0v) is 17.3. The number of carbonyl (C=O) groups excluding carboxylic acids is 1. The highest BCUT2D eigenvalue weighted by Crippen LogP contribution is 2.33. The zero-order valence-electron chi connectivity index (χ0n) is 17.3. The van der Waals surface area contributed by atoms with Gasteiger partial charge >= 0.3 is 5.97 Å². The van der Waals surface area contributed by atoms with Gasteiger partial charge < -0.3 is 14.0 Å². The SMILES string of the molecule is CCOC(=O)c1c(OC(C)C)c2c(=O)n(-c3ccc(F)cc3)c(CC)cc2n1C. The number of hydrogen-bond acceptors (Lipinski definition) is 4. The van der Waals surface area contributed by atoms with Crippen molar-refractivity contribution >= 4 is 16.9 Å². The summed E-state index contributed by atoms with van der Waals surface area (Å²) in [5, 5.41) is 0.297. The molecule has 0 aliphatic heterocycles. The molecule has 0 amide bonds. The van der Waals surface area contributed by atoms with Crippen molar-refractivity contribution in [2.45, 2.75) is 40.2 Å². The number of esters is 1. The number of aromatic nitrogens is 2. The summed E-state index contributed by atoms with van der Waals surface area (Å²) in [7, 11) is 1.71. The minimum Gasteiger partial charge on any atom is -0.488 e.